The molecule has 3 heteroatoms. The van der Waals surface area contributed by atoms with Crippen molar-refractivity contribution in [1.29, 1.82) is 0 Å². The summed E-state index contributed by atoms with van der Waals surface area (Å²) in [7, 11) is 0. The standard InChI is InChI=1S/C22H21NS2/c1-13-9-19(23)14(2)8-17(13)10-18-12-24-22(15(18)3)21-11-16-6-4-5-7-20(16)25-21/h4-9,11-12H,10,23H2,1-3H3. The van der Waals surface area contributed by atoms with Crippen LogP contribution >= 0.6 is 22.7 Å². The molecule has 0 spiro atoms. The van der Waals surface area contributed by atoms with E-state index in [9.17, 15) is 0 Å². The van der Waals surface area contributed by atoms with Crippen LogP contribution in [0.1, 0.15) is 27.8 Å². The molecule has 126 valence electrons. The van der Waals surface area contributed by atoms with E-state index in [0.29, 0.717) is 0 Å². The predicted octanol–water partition coefficient (Wildman–Crippen LogP) is 6.73. The van der Waals surface area contributed by atoms with E-state index in [0.717, 1.165) is 12.1 Å². The van der Waals surface area contributed by atoms with E-state index in [1.165, 1.54) is 47.7 Å². The van der Waals surface area contributed by atoms with Gasteiger partial charge in [-0.05, 0) is 84.0 Å². The lowest BCUT2D eigenvalue weighted by molar-refractivity contribution is 1.14. The molecule has 0 radical (unpaired) electrons. The van der Waals surface area contributed by atoms with E-state index in [2.05, 4.69) is 68.6 Å². The average molecular weight is 364 g/mol. The average Bonchev–Trinajstić information content (AvgIpc) is 3.16. The van der Waals surface area contributed by atoms with Crippen molar-refractivity contribution in [1.82, 2.24) is 0 Å². The van der Waals surface area contributed by atoms with Gasteiger partial charge in [0, 0.05) is 20.1 Å². The maximum absolute atomic E-state index is 6.03. The van der Waals surface area contributed by atoms with E-state index >= 15 is 0 Å². The van der Waals surface area contributed by atoms with Crippen LogP contribution < -0.4 is 5.73 Å². The first-order chi connectivity index (χ1) is 12.0. The van der Waals surface area contributed by atoms with Gasteiger partial charge in [0.1, 0.15) is 0 Å². The summed E-state index contributed by atoms with van der Waals surface area (Å²) in [4.78, 5) is 2.78. The Balaban J connectivity index is 1.71. The molecule has 0 bridgehead atoms. The molecule has 2 aromatic carbocycles. The molecule has 0 aliphatic carbocycles. The van der Waals surface area contributed by atoms with Crippen molar-refractivity contribution in [2.75, 3.05) is 5.73 Å². The molecule has 0 amide bonds. The summed E-state index contributed by atoms with van der Waals surface area (Å²) in [5.74, 6) is 0. The third-order valence-electron chi connectivity index (χ3n) is 4.90. The summed E-state index contributed by atoms with van der Waals surface area (Å²) >= 11 is 3.75. The fourth-order valence-corrected chi connectivity index (χ4v) is 5.59. The second kappa shape index (κ2) is 6.32. The van der Waals surface area contributed by atoms with Crippen LogP contribution in [0.2, 0.25) is 0 Å². The van der Waals surface area contributed by atoms with Crippen LogP contribution in [0.5, 0.6) is 0 Å². The van der Waals surface area contributed by atoms with Gasteiger partial charge in [0.15, 0.2) is 0 Å². The van der Waals surface area contributed by atoms with Gasteiger partial charge in [0.2, 0.25) is 0 Å². The van der Waals surface area contributed by atoms with Crippen LogP contribution in [-0.4, -0.2) is 0 Å². The van der Waals surface area contributed by atoms with Crippen LogP contribution in [0.4, 0.5) is 5.69 Å². The Morgan fingerprint density at radius 2 is 1.72 bits per heavy atom. The first-order valence-electron chi connectivity index (χ1n) is 8.44. The van der Waals surface area contributed by atoms with Gasteiger partial charge in [-0.25, -0.2) is 0 Å². The van der Waals surface area contributed by atoms with Crippen molar-refractivity contribution < 1.29 is 0 Å². The maximum Gasteiger partial charge on any atom is 0.0475 e. The van der Waals surface area contributed by atoms with E-state index in [4.69, 9.17) is 5.73 Å². The second-order valence-electron chi connectivity index (χ2n) is 6.68. The van der Waals surface area contributed by atoms with Crippen LogP contribution in [0.3, 0.4) is 0 Å². The molecule has 0 saturated carbocycles. The number of fused-ring (bicyclic) bond motifs is 1. The predicted molar refractivity (Wildman–Crippen MR) is 113 cm³/mol. The molecule has 0 saturated heterocycles. The highest BCUT2D eigenvalue weighted by atomic mass is 32.1. The lowest BCUT2D eigenvalue weighted by Crippen LogP contribution is -1.97. The van der Waals surface area contributed by atoms with Gasteiger partial charge in [-0.2, -0.15) is 0 Å². The number of aryl methyl sites for hydroxylation is 2. The number of rotatable bonds is 3. The van der Waals surface area contributed by atoms with Crippen molar-refractivity contribution in [2.24, 2.45) is 0 Å². The number of nitrogen functional groups attached to an aromatic ring is 1. The summed E-state index contributed by atoms with van der Waals surface area (Å²) in [5, 5.41) is 3.65. The van der Waals surface area contributed by atoms with Crippen molar-refractivity contribution in [3.63, 3.8) is 0 Å². The summed E-state index contributed by atoms with van der Waals surface area (Å²) in [6.07, 6.45) is 0.972. The summed E-state index contributed by atoms with van der Waals surface area (Å²) in [6, 6.07) is 15.3. The molecule has 0 aliphatic heterocycles. The lowest BCUT2D eigenvalue weighted by atomic mass is 9.97. The number of hydrogen-bond donors (Lipinski definition) is 1. The third-order valence-corrected chi connectivity index (χ3v) is 7.32. The number of benzene rings is 2. The largest absolute Gasteiger partial charge is 0.399 e. The molecule has 2 heterocycles. The Morgan fingerprint density at radius 3 is 2.52 bits per heavy atom. The molecule has 4 aromatic rings. The highest BCUT2D eigenvalue weighted by Gasteiger charge is 2.14. The Labute approximate surface area is 156 Å². The third kappa shape index (κ3) is 2.99. The second-order valence-corrected chi connectivity index (χ2v) is 8.64. The van der Waals surface area contributed by atoms with Gasteiger partial charge in [0.25, 0.3) is 0 Å². The molecule has 25 heavy (non-hydrogen) atoms. The van der Waals surface area contributed by atoms with Crippen molar-refractivity contribution in [3.05, 3.63) is 75.7 Å². The molecule has 2 aromatic heterocycles. The van der Waals surface area contributed by atoms with Crippen LogP contribution in [-0.2, 0) is 6.42 Å². The molecule has 4 rings (SSSR count). The molecule has 0 aliphatic rings. The zero-order valence-electron chi connectivity index (χ0n) is 14.7. The molecule has 0 unspecified atom stereocenters. The number of hydrogen-bond acceptors (Lipinski definition) is 3. The van der Waals surface area contributed by atoms with E-state index < -0.39 is 0 Å². The monoisotopic (exact) mass is 363 g/mol. The minimum absolute atomic E-state index is 0.884. The zero-order valence-corrected chi connectivity index (χ0v) is 16.4. The van der Waals surface area contributed by atoms with Gasteiger partial charge in [0.05, 0.1) is 0 Å². The first-order valence-corrected chi connectivity index (χ1v) is 10.1. The maximum atomic E-state index is 6.03. The van der Waals surface area contributed by atoms with Crippen LogP contribution in [0.25, 0.3) is 19.8 Å². The van der Waals surface area contributed by atoms with Gasteiger partial charge < -0.3 is 5.73 Å². The van der Waals surface area contributed by atoms with Gasteiger partial charge >= 0.3 is 0 Å². The van der Waals surface area contributed by atoms with E-state index in [1.807, 2.05) is 22.7 Å². The summed E-state index contributed by atoms with van der Waals surface area (Å²) in [6.45, 7) is 6.49. The highest BCUT2D eigenvalue weighted by Crippen LogP contribution is 2.40. The van der Waals surface area contributed by atoms with Crippen molar-refractivity contribution in [2.45, 2.75) is 27.2 Å². The molecular weight excluding hydrogens is 342 g/mol. The Hall–Kier alpha value is -2.10. The molecule has 0 fully saturated rings. The minimum atomic E-state index is 0.884. The molecule has 1 nitrogen and oxygen atoms in total. The topological polar surface area (TPSA) is 26.0 Å². The summed E-state index contributed by atoms with van der Waals surface area (Å²) < 4.78 is 1.36. The van der Waals surface area contributed by atoms with E-state index in [1.54, 1.807) is 0 Å². The molecule has 0 atom stereocenters. The first kappa shape index (κ1) is 16.4. The van der Waals surface area contributed by atoms with E-state index in [-0.39, 0.29) is 0 Å². The molecule has 2 N–H and O–H groups in total. The quantitative estimate of drug-likeness (QED) is 0.401. The fourth-order valence-electron chi connectivity index (χ4n) is 3.26. The van der Waals surface area contributed by atoms with Gasteiger partial charge in [-0.15, -0.1) is 22.7 Å². The fraction of sp³-hybridized carbons (Fsp3) is 0.182. The Kier molecular flexibility index (Phi) is 4.14. The van der Waals surface area contributed by atoms with Gasteiger partial charge in [-0.1, -0.05) is 24.3 Å². The van der Waals surface area contributed by atoms with Crippen molar-refractivity contribution >= 4 is 38.4 Å². The van der Waals surface area contributed by atoms with Crippen molar-refractivity contribution in [3.8, 4) is 9.75 Å². The number of thiophene rings is 2. The lowest BCUT2D eigenvalue weighted by Gasteiger charge is -2.10. The normalized spacial score (nSPS) is 11.3. The molecular formula is C22H21NS2. The van der Waals surface area contributed by atoms with Crippen LogP contribution in [0.15, 0.2) is 47.8 Å². The smallest absolute Gasteiger partial charge is 0.0475 e. The number of anilines is 1. The Bertz CT molecular complexity index is 1040. The van der Waals surface area contributed by atoms with Crippen LogP contribution in [0, 0.1) is 20.8 Å². The zero-order chi connectivity index (χ0) is 17.6. The highest BCUT2D eigenvalue weighted by molar-refractivity contribution is 7.25. The number of nitrogens with two attached hydrogens (primary N) is 1. The Morgan fingerprint density at radius 1 is 0.920 bits per heavy atom. The minimum Gasteiger partial charge on any atom is -0.399 e. The summed E-state index contributed by atoms with van der Waals surface area (Å²) in [5.41, 5.74) is 13.6. The SMILES string of the molecule is Cc1cc(Cc2csc(-c3cc4ccccc4s3)c2C)c(C)cc1N. The van der Waals surface area contributed by atoms with Gasteiger partial charge in [-0.3, -0.25) is 0 Å².